The quantitative estimate of drug-likeness (QED) is 0.0320. The van der Waals surface area contributed by atoms with E-state index in [-0.39, 0.29) is 76.5 Å². The Morgan fingerprint density at radius 3 is 0.490 bits per heavy atom. The van der Waals surface area contributed by atoms with Crippen molar-refractivity contribution in [3.05, 3.63) is 188 Å². The molecule has 100 heavy (non-hydrogen) atoms. The molecule has 552 valence electrons. The predicted molar refractivity (Wildman–Crippen MR) is 440 cm³/mol. The van der Waals surface area contributed by atoms with Crippen LogP contribution >= 0.6 is 63.7 Å². The summed E-state index contributed by atoms with van der Waals surface area (Å²) in [6.07, 6.45) is 49.5. The van der Waals surface area contributed by atoms with Crippen molar-refractivity contribution in [3.63, 3.8) is 0 Å². The van der Waals surface area contributed by atoms with E-state index < -0.39 is 0 Å². The largest absolute Gasteiger partial charge is 0.488 e. The molecule has 0 saturated heterocycles. The van der Waals surface area contributed by atoms with Gasteiger partial charge in [0, 0.05) is 68.2 Å². The maximum Gasteiger partial charge on any atom is 0.141 e. The second-order valence-corrected chi connectivity index (χ2v) is 29.9. The van der Waals surface area contributed by atoms with E-state index in [0.717, 1.165) is 165 Å². The van der Waals surface area contributed by atoms with Crippen LogP contribution in [0.2, 0.25) is 0 Å². The molecule has 8 bridgehead atoms. The van der Waals surface area contributed by atoms with E-state index in [0.29, 0.717) is 46.0 Å². The highest BCUT2D eigenvalue weighted by atomic mass is 79.9. The van der Waals surface area contributed by atoms with Gasteiger partial charge in [0.1, 0.15) is 117 Å². The van der Waals surface area contributed by atoms with Gasteiger partial charge < -0.3 is 37.9 Å². The van der Waals surface area contributed by atoms with Crippen LogP contribution in [0, 0.1) is 0 Å². The minimum atomic E-state index is -0.318. The monoisotopic (exact) mass is 1620 g/mol. The molecule has 12 heteroatoms. The lowest BCUT2D eigenvalue weighted by molar-refractivity contribution is 0.323. The van der Waals surface area contributed by atoms with Crippen LogP contribution < -0.4 is 37.9 Å². The van der Waals surface area contributed by atoms with Crippen LogP contribution in [0.1, 0.15) is 301 Å². The molecule has 8 nitrogen and oxygen atoms in total. The molecule has 0 unspecified atom stereocenters. The zero-order valence-corrected chi connectivity index (χ0v) is 68.3. The molecule has 0 heterocycles. The number of unbranched alkanes of at least 4 members (excludes halogenated alkanes) is 24. The number of rotatable bonds is 56. The fraction of sp³-hybridized carbons (Fsp3) is 0.545. The molecule has 4 aromatic rings. The first-order chi connectivity index (χ1) is 49.0. The Hall–Kier alpha value is -4.88. The van der Waals surface area contributed by atoms with Crippen molar-refractivity contribution >= 4 is 63.7 Å². The zero-order valence-electron chi connectivity index (χ0n) is 62.0. The highest BCUT2D eigenvalue weighted by Crippen LogP contribution is 2.59. The fourth-order valence-corrected chi connectivity index (χ4v) is 16.9. The summed E-state index contributed by atoms with van der Waals surface area (Å²) in [5.74, 6) is 4.19. The Balaban J connectivity index is 2.26. The Labute approximate surface area is 640 Å². The van der Waals surface area contributed by atoms with Gasteiger partial charge in [0.05, 0.1) is 0 Å². The summed E-state index contributed by atoms with van der Waals surface area (Å²) in [5, 5.41) is 0. The summed E-state index contributed by atoms with van der Waals surface area (Å²) in [6, 6.07) is 9.66. The maximum absolute atomic E-state index is 7.15. The van der Waals surface area contributed by atoms with Gasteiger partial charge in [-0.15, -0.1) is 0 Å². The Bertz CT molecular complexity index is 2580. The Morgan fingerprint density at radius 2 is 0.360 bits per heavy atom. The van der Waals surface area contributed by atoms with Crippen LogP contribution in [0.25, 0.3) is 0 Å². The first-order valence-corrected chi connectivity index (χ1v) is 41.5. The SMILES string of the molecule is C=CCOc1c2cc(c(OCC=C)c1Br)C(CCCCCCCCC)c1cc(c(OCC=C)c(Br)c1OCC=C)C(CCCCCCCCC)c1cc(c(OCC=C)c(Br)c1OCC=C)C(CCCCCCCCC)c1cc(c(OCC=C)c(Br)c1OCC=C)C2CCCCCCCCC. The molecule has 4 aromatic carbocycles. The van der Waals surface area contributed by atoms with Crippen LogP contribution in [-0.2, 0) is 0 Å². The van der Waals surface area contributed by atoms with Crippen LogP contribution in [0.4, 0.5) is 0 Å². The topological polar surface area (TPSA) is 73.8 Å². The molecule has 0 N–H and O–H groups in total. The van der Waals surface area contributed by atoms with E-state index in [4.69, 9.17) is 37.9 Å². The molecule has 1 aliphatic carbocycles. The van der Waals surface area contributed by atoms with Gasteiger partial charge in [-0.1, -0.05) is 309 Å². The molecule has 5 rings (SSSR count). The standard InChI is InChI=1S/C88H124Br4O8/c1-13-25-29-33-37-41-45-49-65-69-61-71(83(95-55-19-7)77(89)81(69)93-53-17-5)66(50-46-42-38-34-30-26-14-2)73-63-75(87(99-59-23-11)79(91)85(73)97-57-21-9)68(52-48-44-40-36-32-28-16-4)76-64-74(86(98-58-22-10)80(92)88(76)100-60-24-12)67(51-47-43-39-35-31-27-15-3)72-62-70(65)82(94-54-18-6)78(90)84(72)96-56-20-8/h17-24,61-68H,5-16,25-60H2,1-4H3. The van der Waals surface area contributed by atoms with Gasteiger partial charge in [-0.05, 0) is 114 Å². The second kappa shape index (κ2) is 50.5. The summed E-state index contributed by atoms with van der Waals surface area (Å²) in [5.41, 5.74) is 8.01. The molecule has 0 atom stereocenters. The lowest BCUT2D eigenvalue weighted by Crippen LogP contribution is -2.17. The summed E-state index contributed by atoms with van der Waals surface area (Å²) in [7, 11) is 0. The highest BCUT2D eigenvalue weighted by molar-refractivity contribution is 9.11. The van der Waals surface area contributed by atoms with E-state index in [1.54, 1.807) is 0 Å². The summed E-state index contributed by atoms with van der Waals surface area (Å²) in [4.78, 5) is 0. The summed E-state index contributed by atoms with van der Waals surface area (Å²) < 4.78 is 60.1. The van der Waals surface area contributed by atoms with Crippen LogP contribution in [-0.4, -0.2) is 52.9 Å². The van der Waals surface area contributed by atoms with E-state index in [1.165, 1.54) is 103 Å². The molecule has 0 radical (unpaired) electrons. The molecule has 0 saturated carbocycles. The molecule has 0 aliphatic heterocycles. The molecule has 0 aromatic heterocycles. The summed E-state index contributed by atoms with van der Waals surface area (Å²) >= 11 is 17.4. The van der Waals surface area contributed by atoms with E-state index in [1.807, 2.05) is 48.6 Å². The second-order valence-electron chi connectivity index (χ2n) is 26.8. The number of hydrogen-bond donors (Lipinski definition) is 0. The van der Waals surface area contributed by atoms with Crippen molar-refractivity contribution < 1.29 is 37.9 Å². The van der Waals surface area contributed by atoms with Gasteiger partial charge in [0.15, 0.2) is 0 Å². The zero-order chi connectivity index (χ0) is 72.3. The first kappa shape index (κ1) is 85.8. The van der Waals surface area contributed by atoms with Crippen LogP contribution in [0.3, 0.4) is 0 Å². The fourth-order valence-electron chi connectivity index (χ4n) is 14.1. The Kier molecular flexibility index (Phi) is 43.3. The molecule has 1 aliphatic rings. The number of hydrogen-bond acceptors (Lipinski definition) is 8. The van der Waals surface area contributed by atoms with Crippen molar-refractivity contribution in [1.82, 2.24) is 0 Å². The van der Waals surface area contributed by atoms with Crippen LogP contribution in [0.15, 0.2) is 143 Å². The van der Waals surface area contributed by atoms with Gasteiger partial charge >= 0.3 is 0 Å². The predicted octanol–water partition coefficient (Wildman–Crippen LogP) is 28.7. The average Bonchev–Trinajstić information content (AvgIpc) is 0.734. The molecular weight excluding hydrogens is 1500 g/mol. The van der Waals surface area contributed by atoms with Gasteiger partial charge in [0.25, 0.3) is 0 Å². The molecule has 0 amide bonds. The third-order valence-electron chi connectivity index (χ3n) is 19.1. The minimum absolute atomic E-state index is 0.250. The molecule has 0 fully saturated rings. The van der Waals surface area contributed by atoms with E-state index >= 15 is 0 Å². The number of halogens is 4. The third-order valence-corrected chi connectivity index (χ3v) is 22.0. The number of ether oxygens (including phenoxy) is 8. The van der Waals surface area contributed by atoms with Crippen molar-refractivity contribution in [2.24, 2.45) is 0 Å². The Morgan fingerprint density at radius 1 is 0.230 bits per heavy atom. The number of fused-ring (bicyclic) bond motifs is 8. The third kappa shape index (κ3) is 25.8. The van der Waals surface area contributed by atoms with Crippen LogP contribution in [0.5, 0.6) is 46.0 Å². The lowest BCUT2D eigenvalue weighted by Gasteiger charge is -2.34. The smallest absolute Gasteiger partial charge is 0.141 e. The van der Waals surface area contributed by atoms with Gasteiger partial charge in [-0.3, -0.25) is 0 Å². The lowest BCUT2D eigenvalue weighted by atomic mass is 9.76. The summed E-state index contributed by atoms with van der Waals surface area (Å²) in [6.45, 7) is 44.9. The maximum atomic E-state index is 7.15. The normalized spacial score (nSPS) is 14.7. The average molecular weight is 1630 g/mol. The highest BCUT2D eigenvalue weighted by Gasteiger charge is 2.39. The van der Waals surface area contributed by atoms with Gasteiger partial charge in [0.2, 0.25) is 0 Å². The number of benzene rings is 4. The molecular formula is C88H124Br4O8. The van der Waals surface area contributed by atoms with E-state index in [9.17, 15) is 0 Å². The van der Waals surface area contributed by atoms with Gasteiger partial charge in [-0.25, -0.2) is 0 Å². The van der Waals surface area contributed by atoms with E-state index in [2.05, 4.69) is 168 Å². The van der Waals surface area contributed by atoms with Crippen molar-refractivity contribution in [2.75, 3.05) is 52.9 Å². The van der Waals surface area contributed by atoms with Crippen molar-refractivity contribution in [2.45, 2.75) is 257 Å². The van der Waals surface area contributed by atoms with Gasteiger partial charge in [-0.2, -0.15) is 0 Å². The van der Waals surface area contributed by atoms with Crippen molar-refractivity contribution in [1.29, 1.82) is 0 Å². The molecule has 0 spiro atoms. The van der Waals surface area contributed by atoms with Crippen molar-refractivity contribution in [3.8, 4) is 46.0 Å². The first-order valence-electron chi connectivity index (χ1n) is 38.3. The minimum Gasteiger partial charge on any atom is -0.488 e.